The fourth-order valence-electron chi connectivity index (χ4n) is 4.24. The Morgan fingerprint density at radius 1 is 1.30 bits per heavy atom. The summed E-state index contributed by atoms with van der Waals surface area (Å²) in [5, 5.41) is 14.2. The van der Waals surface area contributed by atoms with Gasteiger partial charge in [-0.3, -0.25) is 9.59 Å². The number of para-hydroxylation sites is 1. The molecule has 2 fully saturated rings. The number of hydrogen-bond donors (Lipinski definition) is 1. The normalized spacial score (nSPS) is 24.2. The molecular formula is C20H23N3O4. The van der Waals surface area contributed by atoms with Crippen LogP contribution in [0.25, 0.3) is 5.69 Å². The van der Waals surface area contributed by atoms with Crippen molar-refractivity contribution in [2.24, 2.45) is 11.3 Å². The second-order valence-corrected chi connectivity index (χ2v) is 7.52. The van der Waals surface area contributed by atoms with Crippen molar-refractivity contribution in [1.82, 2.24) is 14.7 Å². The zero-order valence-electron chi connectivity index (χ0n) is 15.5. The van der Waals surface area contributed by atoms with E-state index in [2.05, 4.69) is 5.10 Å². The molecule has 0 saturated carbocycles. The molecule has 1 aromatic heterocycles. The Labute approximate surface area is 157 Å². The number of aromatic nitrogens is 2. The van der Waals surface area contributed by atoms with Gasteiger partial charge in [-0.15, -0.1) is 0 Å². The van der Waals surface area contributed by atoms with Crippen LogP contribution >= 0.6 is 0 Å². The molecule has 142 valence electrons. The molecule has 3 heterocycles. The Morgan fingerprint density at radius 3 is 2.70 bits per heavy atom. The predicted molar refractivity (Wildman–Crippen MR) is 97.7 cm³/mol. The fraction of sp³-hybridized carbons (Fsp3) is 0.450. The second kappa shape index (κ2) is 6.49. The first-order valence-corrected chi connectivity index (χ1v) is 9.12. The van der Waals surface area contributed by atoms with Crippen LogP contribution in [0.15, 0.2) is 30.3 Å². The number of rotatable bonds is 4. The Balaban J connectivity index is 1.55. The van der Waals surface area contributed by atoms with Gasteiger partial charge in [0.05, 0.1) is 31.0 Å². The van der Waals surface area contributed by atoms with Crippen LogP contribution in [0.4, 0.5) is 0 Å². The number of carboxylic acids is 1. The molecule has 1 N–H and O–H groups in total. The zero-order valence-corrected chi connectivity index (χ0v) is 15.5. The van der Waals surface area contributed by atoms with Gasteiger partial charge in [-0.25, -0.2) is 4.68 Å². The number of hydrogen-bond acceptors (Lipinski definition) is 4. The van der Waals surface area contributed by atoms with E-state index in [-0.39, 0.29) is 31.4 Å². The summed E-state index contributed by atoms with van der Waals surface area (Å²) in [4.78, 5) is 26.4. The van der Waals surface area contributed by atoms with E-state index in [0.717, 1.165) is 22.6 Å². The van der Waals surface area contributed by atoms with Gasteiger partial charge < -0.3 is 14.7 Å². The summed E-state index contributed by atoms with van der Waals surface area (Å²) in [7, 11) is 0. The van der Waals surface area contributed by atoms with Crippen molar-refractivity contribution in [3.63, 3.8) is 0 Å². The van der Waals surface area contributed by atoms with E-state index in [1.165, 1.54) is 0 Å². The molecule has 27 heavy (non-hydrogen) atoms. The molecule has 2 aliphatic rings. The summed E-state index contributed by atoms with van der Waals surface area (Å²) in [6, 6.07) is 9.80. The first kappa shape index (κ1) is 17.7. The van der Waals surface area contributed by atoms with Crippen molar-refractivity contribution in [2.45, 2.75) is 20.3 Å². The van der Waals surface area contributed by atoms with Crippen LogP contribution in [0.2, 0.25) is 0 Å². The monoisotopic (exact) mass is 369 g/mol. The van der Waals surface area contributed by atoms with E-state index in [4.69, 9.17) is 4.74 Å². The molecule has 1 aromatic carbocycles. The number of carbonyl (C=O) groups excluding carboxylic acids is 1. The number of amides is 1. The average Bonchev–Trinajstić information content (AvgIpc) is 3.29. The van der Waals surface area contributed by atoms with E-state index in [0.29, 0.717) is 13.2 Å². The van der Waals surface area contributed by atoms with Crippen molar-refractivity contribution in [3.05, 3.63) is 47.3 Å². The van der Waals surface area contributed by atoms with Gasteiger partial charge in [-0.2, -0.15) is 5.10 Å². The van der Waals surface area contributed by atoms with E-state index in [9.17, 15) is 14.7 Å². The molecule has 0 spiro atoms. The van der Waals surface area contributed by atoms with Crippen LogP contribution in [0.3, 0.4) is 0 Å². The van der Waals surface area contributed by atoms with Crippen molar-refractivity contribution in [2.75, 3.05) is 26.3 Å². The summed E-state index contributed by atoms with van der Waals surface area (Å²) in [5.41, 5.74) is 2.66. The van der Waals surface area contributed by atoms with E-state index < -0.39 is 11.4 Å². The quantitative estimate of drug-likeness (QED) is 0.885. The highest BCUT2D eigenvalue weighted by molar-refractivity contribution is 5.83. The largest absolute Gasteiger partial charge is 0.481 e. The number of ether oxygens (including phenoxy) is 1. The third-order valence-electron chi connectivity index (χ3n) is 5.92. The molecule has 1 amide bonds. The number of nitrogens with zero attached hydrogens (tertiary/aromatic N) is 3. The Bertz CT molecular complexity index is 892. The van der Waals surface area contributed by atoms with Crippen LogP contribution in [-0.2, 0) is 20.7 Å². The number of carboxylic acid groups (broad SMARTS) is 1. The molecule has 2 aromatic rings. The van der Waals surface area contributed by atoms with Gasteiger partial charge in [-0.05, 0) is 26.0 Å². The summed E-state index contributed by atoms with van der Waals surface area (Å²) >= 11 is 0. The van der Waals surface area contributed by atoms with Gasteiger partial charge in [0.15, 0.2) is 0 Å². The van der Waals surface area contributed by atoms with Crippen molar-refractivity contribution in [1.29, 1.82) is 0 Å². The number of carbonyl (C=O) groups is 2. The smallest absolute Gasteiger partial charge is 0.314 e. The summed E-state index contributed by atoms with van der Waals surface area (Å²) in [6.07, 6.45) is 0.230. The summed E-state index contributed by atoms with van der Waals surface area (Å²) in [6.45, 7) is 5.11. The van der Waals surface area contributed by atoms with Crippen LogP contribution in [-0.4, -0.2) is 58.0 Å². The average molecular weight is 369 g/mol. The van der Waals surface area contributed by atoms with E-state index >= 15 is 0 Å². The highest BCUT2D eigenvalue weighted by Crippen LogP contribution is 2.41. The minimum atomic E-state index is -0.950. The Morgan fingerprint density at radius 2 is 2.04 bits per heavy atom. The SMILES string of the molecule is Cc1nn(-c2ccccc2)c(C)c1CC(=O)N1C[C@@H]2COC[C@]2(C(=O)O)C1. The standard InChI is InChI=1S/C20H23N3O4/c1-13-17(14(2)23(21-13)16-6-4-3-5-7-16)8-18(24)22-9-15-10-27-12-20(15,11-22)19(25)26/h3-7,15H,8-12H2,1-2H3,(H,25,26)/t15-,20-/m1/s1. The van der Waals surface area contributed by atoms with Gasteiger partial charge >= 0.3 is 5.97 Å². The molecule has 2 saturated heterocycles. The molecule has 2 aliphatic heterocycles. The molecule has 0 bridgehead atoms. The lowest BCUT2D eigenvalue weighted by Crippen LogP contribution is -2.40. The molecule has 7 heteroatoms. The van der Waals surface area contributed by atoms with Gasteiger partial charge in [0.2, 0.25) is 5.91 Å². The number of fused-ring (bicyclic) bond motifs is 1. The molecule has 4 rings (SSSR count). The molecule has 0 unspecified atom stereocenters. The minimum absolute atomic E-state index is 0.0520. The predicted octanol–water partition coefficient (Wildman–Crippen LogP) is 1.59. The summed E-state index contributed by atoms with van der Waals surface area (Å²) < 4.78 is 7.23. The topological polar surface area (TPSA) is 84.7 Å². The molecule has 7 nitrogen and oxygen atoms in total. The maximum atomic E-state index is 12.9. The Hall–Kier alpha value is -2.67. The maximum absolute atomic E-state index is 12.9. The van der Waals surface area contributed by atoms with Crippen LogP contribution in [0.5, 0.6) is 0 Å². The lowest BCUT2D eigenvalue weighted by Gasteiger charge is -2.22. The second-order valence-electron chi connectivity index (χ2n) is 7.52. The van der Waals surface area contributed by atoms with Gasteiger partial charge in [0.25, 0.3) is 0 Å². The molecular weight excluding hydrogens is 346 g/mol. The molecule has 0 radical (unpaired) electrons. The number of aliphatic carboxylic acids is 1. The van der Waals surface area contributed by atoms with Gasteiger partial charge in [0.1, 0.15) is 5.41 Å². The van der Waals surface area contributed by atoms with Crippen LogP contribution in [0, 0.1) is 25.2 Å². The number of likely N-dealkylation sites (tertiary alicyclic amines) is 1. The molecule has 2 atom stereocenters. The van der Waals surface area contributed by atoms with Gasteiger partial charge in [0, 0.05) is 30.3 Å². The lowest BCUT2D eigenvalue weighted by atomic mass is 9.81. The van der Waals surface area contributed by atoms with Crippen LogP contribution in [0.1, 0.15) is 17.0 Å². The van der Waals surface area contributed by atoms with Crippen molar-refractivity contribution < 1.29 is 19.4 Å². The summed E-state index contributed by atoms with van der Waals surface area (Å²) in [5.74, 6) is -1.05. The first-order chi connectivity index (χ1) is 12.9. The maximum Gasteiger partial charge on any atom is 0.314 e. The van der Waals surface area contributed by atoms with Crippen molar-refractivity contribution in [3.8, 4) is 5.69 Å². The lowest BCUT2D eigenvalue weighted by molar-refractivity contribution is -0.149. The minimum Gasteiger partial charge on any atom is -0.481 e. The highest BCUT2D eigenvalue weighted by Gasteiger charge is 2.57. The Kier molecular flexibility index (Phi) is 4.26. The first-order valence-electron chi connectivity index (χ1n) is 9.12. The van der Waals surface area contributed by atoms with Crippen LogP contribution < -0.4 is 0 Å². The van der Waals surface area contributed by atoms with Gasteiger partial charge in [-0.1, -0.05) is 18.2 Å². The molecule has 0 aliphatic carbocycles. The van der Waals surface area contributed by atoms with E-state index in [1.54, 1.807) is 4.90 Å². The number of aryl methyl sites for hydroxylation is 1. The third kappa shape index (κ3) is 2.82. The zero-order chi connectivity index (χ0) is 19.2. The number of benzene rings is 1. The highest BCUT2D eigenvalue weighted by atomic mass is 16.5. The van der Waals surface area contributed by atoms with Crippen molar-refractivity contribution >= 4 is 11.9 Å². The van der Waals surface area contributed by atoms with E-state index in [1.807, 2.05) is 48.9 Å². The third-order valence-corrected chi connectivity index (χ3v) is 5.92. The fourth-order valence-corrected chi connectivity index (χ4v) is 4.24.